The lowest BCUT2D eigenvalue weighted by Gasteiger charge is -2.32. The summed E-state index contributed by atoms with van der Waals surface area (Å²) in [6, 6.07) is 6.47. The smallest absolute Gasteiger partial charge is 0.406 e. The maximum atomic E-state index is 14.6. The molecule has 2 heterocycles. The predicted octanol–water partition coefficient (Wildman–Crippen LogP) is 4.63. The predicted molar refractivity (Wildman–Crippen MR) is 95.5 cm³/mol. The highest BCUT2D eigenvalue weighted by Crippen LogP contribution is 2.34. The number of benzene rings is 1. The average molecular weight is 398 g/mol. The van der Waals surface area contributed by atoms with Gasteiger partial charge in [0.2, 0.25) is 0 Å². The van der Waals surface area contributed by atoms with E-state index in [1.54, 1.807) is 18.3 Å². The number of aromatic nitrogens is 1. The van der Waals surface area contributed by atoms with Crippen LogP contribution in [0.5, 0.6) is 5.75 Å². The second kappa shape index (κ2) is 8.45. The van der Waals surface area contributed by atoms with Gasteiger partial charge in [-0.05, 0) is 62.7 Å². The third-order valence-corrected chi connectivity index (χ3v) is 4.68. The molecule has 28 heavy (non-hydrogen) atoms. The van der Waals surface area contributed by atoms with Crippen LogP contribution >= 0.6 is 0 Å². The van der Waals surface area contributed by atoms with E-state index in [2.05, 4.69) is 14.6 Å². The van der Waals surface area contributed by atoms with Crippen molar-refractivity contribution in [1.82, 2.24) is 9.88 Å². The van der Waals surface area contributed by atoms with Crippen LogP contribution in [-0.4, -0.2) is 42.5 Å². The van der Waals surface area contributed by atoms with Crippen molar-refractivity contribution in [3.8, 4) is 5.75 Å². The van der Waals surface area contributed by atoms with Crippen LogP contribution in [0, 0.1) is 12.7 Å². The molecule has 1 aromatic heterocycles. The van der Waals surface area contributed by atoms with Crippen molar-refractivity contribution in [3.63, 3.8) is 0 Å². The zero-order chi connectivity index (χ0) is 20.3. The van der Waals surface area contributed by atoms with Gasteiger partial charge in [-0.3, -0.25) is 4.98 Å². The Morgan fingerprint density at radius 1 is 1.14 bits per heavy atom. The van der Waals surface area contributed by atoms with Gasteiger partial charge in [-0.25, -0.2) is 4.39 Å². The van der Waals surface area contributed by atoms with Crippen LogP contribution in [0.2, 0.25) is 0 Å². The zero-order valence-corrected chi connectivity index (χ0v) is 15.7. The molecular weight excluding hydrogens is 376 g/mol. The van der Waals surface area contributed by atoms with Crippen LogP contribution in [0.15, 0.2) is 36.5 Å². The Hall–Kier alpha value is -2.19. The summed E-state index contributed by atoms with van der Waals surface area (Å²) in [6.07, 6.45) is -2.86. The van der Waals surface area contributed by atoms with E-state index >= 15 is 0 Å². The first kappa shape index (κ1) is 20.5. The normalized spacial score (nSPS) is 17.5. The standard InChI is InChI=1S/C20H22F4N2O2/c1-13-5-8-25-18(11-13)19(27-14-6-9-26(2)10-7-14)16-12-15(3-4-17(16)21)28-20(22,23)24/h3-5,8,11-12,14,19H,6-7,9-10H2,1-2H3. The van der Waals surface area contributed by atoms with E-state index in [9.17, 15) is 17.6 Å². The van der Waals surface area contributed by atoms with E-state index in [-0.39, 0.29) is 11.7 Å². The average Bonchev–Trinajstić information content (AvgIpc) is 2.62. The van der Waals surface area contributed by atoms with Gasteiger partial charge in [-0.2, -0.15) is 0 Å². The molecule has 0 amide bonds. The number of hydrogen-bond acceptors (Lipinski definition) is 4. The van der Waals surface area contributed by atoms with E-state index in [1.807, 2.05) is 14.0 Å². The molecule has 3 rings (SSSR count). The van der Waals surface area contributed by atoms with E-state index in [0.717, 1.165) is 49.7 Å². The molecule has 0 aliphatic carbocycles. The molecular formula is C20H22F4N2O2. The number of piperidine rings is 1. The van der Waals surface area contributed by atoms with Crippen LogP contribution in [0.4, 0.5) is 17.6 Å². The number of alkyl halides is 3. The zero-order valence-electron chi connectivity index (χ0n) is 15.7. The third kappa shape index (κ3) is 5.42. The molecule has 4 nitrogen and oxygen atoms in total. The van der Waals surface area contributed by atoms with Crippen LogP contribution in [0.3, 0.4) is 0 Å². The van der Waals surface area contributed by atoms with Crippen molar-refractivity contribution < 1.29 is 27.0 Å². The van der Waals surface area contributed by atoms with Crippen molar-refractivity contribution in [1.29, 1.82) is 0 Å². The molecule has 1 unspecified atom stereocenters. The molecule has 1 aliphatic heterocycles. The minimum atomic E-state index is -4.86. The van der Waals surface area contributed by atoms with Crippen LogP contribution in [0.25, 0.3) is 0 Å². The summed E-state index contributed by atoms with van der Waals surface area (Å²) >= 11 is 0. The Balaban J connectivity index is 1.95. The Morgan fingerprint density at radius 3 is 2.50 bits per heavy atom. The number of hydrogen-bond donors (Lipinski definition) is 0. The molecule has 0 spiro atoms. The molecule has 2 aromatic rings. The van der Waals surface area contributed by atoms with Crippen LogP contribution in [-0.2, 0) is 4.74 Å². The Morgan fingerprint density at radius 2 is 1.86 bits per heavy atom. The summed E-state index contributed by atoms with van der Waals surface area (Å²) in [7, 11) is 2.01. The molecule has 0 N–H and O–H groups in total. The first-order chi connectivity index (χ1) is 13.2. The minimum Gasteiger partial charge on any atom is -0.406 e. The number of rotatable bonds is 5. The number of pyridine rings is 1. The monoisotopic (exact) mass is 398 g/mol. The van der Waals surface area contributed by atoms with Crippen LogP contribution in [0.1, 0.15) is 35.8 Å². The topological polar surface area (TPSA) is 34.6 Å². The highest BCUT2D eigenvalue weighted by molar-refractivity contribution is 5.35. The van der Waals surface area contributed by atoms with Gasteiger partial charge in [0, 0.05) is 24.8 Å². The van der Waals surface area contributed by atoms with E-state index in [1.165, 1.54) is 0 Å². The maximum absolute atomic E-state index is 14.6. The van der Waals surface area contributed by atoms with Crippen molar-refractivity contribution in [3.05, 3.63) is 59.2 Å². The van der Waals surface area contributed by atoms with E-state index < -0.39 is 24.0 Å². The second-order valence-corrected chi connectivity index (χ2v) is 7.01. The fraction of sp³-hybridized carbons (Fsp3) is 0.450. The molecule has 1 saturated heterocycles. The maximum Gasteiger partial charge on any atom is 0.573 e. The fourth-order valence-electron chi connectivity index (χ4n) is 3.24. The van der Waals surface area contributed by atoms with Crippen molar-refractivity contribution in [2.24, 2.45) is 0 Å². The first-order valence-corrected chi connectivity index (χ1v) is 9.03. The van der Waals surface area contributed by atoms with Gasteiger partial charge >= 0.3 is 6.36 Å². The van der Waals surface area contributed by atoms with Gasteiger partial charge in [-0.15, -0.1) is 13.2 Å². The van der Waals surface area contributed by atoms with Crippen LogP contribution < -0.4 is 4.74 Å². The van der Waals surface area contributed by atoms with E-state index in [4.69, 9.17) is 4.74 Å². The SMILES string of the molecule is Cc1ccnc(C(OC2CCN(C)CC2)c2cc(OC(F)(F)F)ccc2F)c1. The molecule has 1 aliphatic rings. The van der Waals surface area contributed by atoms with E-state index in [0.29, 0.717) is 5.69 Å². The number of likely N-dealkylation sites (tertiary alicyclic amines) is 1. The van der Waals surface area contributed by atoms with Crippen molar-refractivity contribution in [2.75, 3.05) is 20.1 Å². The molecule has 1 aromatic carbocycles. The van der Waals surface area contributed by atoms with Crippen molar-refractivity contribution in [2.45, 2.75) is 38.3 Å². The van der Waals surface area contributed by atoms with Gasteiger partial charge in [0.1, 0.15) is 17.7 Å². The lowest BCUT2D eigenvalue weighted by Crippen LogP contribution is -2.35. The largest absolute Gasteiger partial charge is 0.573 e. The number of halogens is 4. The fourth-order valence-corrected chi connectivity index (χ4v) is 3.24. The molecule has 152 valence electrons. The Labute approximate surface area is 161 Å². The highest BCUT2D eigenvalue weighted by atomic mass is 19.4. The molecule has 1 atom stereocenters. The summed E-state index contributed by atoms with van der Waals surface area (Å²) in [4.78, 5) is 6.44. The lowest BCUT2D eigenvalue weighted by molar-refractivity contribution is -0.274. The quantitative estimate of drug-likeness (QED) is 0.688. The summed E-state index contributed by atoms with van der Waals surface area (Å²) in [5.41, 5.74) is 1.31. The molecule has 0 bridgehead atoms. The number of ether oxygens (including phenoxy) is 2. The van der Waals surface area contributed by atoms with Gasteiger partial charge in [-0.1, -0.05) is 0 Å². The molecule has 8 heteroatoms. The Kier molecular flexibility index (Phi) is 6.20. The first-order valence-electron chi connectivity index (χ1n) is 9.03. The summed E-state index contributed by atoms with van der Waals surface area (Å²) < 4.78 is 62.5. The summed E-state index contributed by atoms with van der Waals surface area (Å²) in [6.45, 7) is 3.52. The summed E-state index contributed by atoms with van der Waals surface area (Å²) in [5, 5.41) is 0. The number of nitrogens with zero attached hydrogens (tertiary/aromatic N) is 2. The third-order valence-electron chi connectivity index (χ3n) is 4.68. The minimum absolute atomic E-state index is 0.0289. The second-order valence-electron chi connectivity index (χ2n) is 7.01. The van der Waals surface area contributed by atoms with Gasteiger partial charge in [0.05, 0.1) is 11.8 Å². The highest BCUT2D eigenvalue weighted by Gasteiger charge is 2.32. The Bertz CT molecular complexity index is 805. The lowest BCUT2D eigenvalue weighted by atomic mass is 10.0. The number of aryl methyl sites for hydroxylation is 1. The molecule has 0 saturated carbocycles. The van der Waals surface area contributed by atoms with Gasteiger partial charge in [0.25, 0.3) is 0 Å². The summed E-state index contributed by atoms with van der Waals surface area (Å²) in [5.74, 6) is -1.16. The van der Waals surface area contributed by atoms with Gasteiger partial charge < -0.3 is 14.4 Å². The van der Waals surface area contributed by atoms with Gasteiger partial charge in [0.15, 0.2) is 0 Å². The van der Waals surface area contributed by atoms with Crippen molar-refractivity contribution >= 4 is 0 Å². The molecule has 1 fully saturated rings. The molecule has 0 radical (unpaired) electrons.